The zero-order valence-electron chi connectivity index (χ0n) is 8.40. The lowest BCUT2D eigenvalue weighted by Crippen LogP contribution is -2.35. The lowest BCUT2D eigenvalue weighted by molar-refractivity contribution is 0.0471. The van der Waals surface area contributed by atoms with Gasteiger partial charge in [-0.2, -0.15) is 8.42 Å². The Balaban J connectivity index is 2.43. The first-order valence-electron chi connectivity index (χ1n) is 4.81. The third kappa shape index (κ3) is 4.70. The Morgan fingerprint density at radius 2 is 2.00 bits per heavy atom. The molecule has 0 bridgehead atoms. The van der Waals surface area contributed by atoms with Crippen LogP contribution in [0.3, 0.4) is 0 Å². The SMILES string of the molecule is CC1CCCCC1OC(=O)NS(=O)(=O)Cl. The van der Waals surface area contributed by atoms with Crippen LogP contribution in [0.25, 0.3) is 0 Å². The Morgan fingerprint density at radius 1 is 1.40 bits per heavy atom. The molecule has 0 heterocycles. The van der Waals surface area contributed by atoms with Gasteiger partial charge in [0.05, 0.1) is 0 Å². The molecule has 1 N–H and O–H groups in total. The van der Waals surface area contributed by atoms with E-state index < -0.39 is 15.3 Å². The van der Waals surface area contributed by atoms with Gasteiger partial charge in [-0.05, 0) is 25.2 Å². The van der Waals surface area contributed by atoms with E-state index in [4.69, 9.17) is 15.4 Å². The van der Waals surface area contributed by atoms with Crippen LogP contribution in [0.5, 0.6) is 0 Å². The van der Waals surface area contributed by atoms with Gasteiger partial charge < -0.3 is 4.74 Å². The Labute approximate surface area is 93.7 Å². The molecular weight excluding hydrogens is 242 g/mol. The number of amides is 1. The molecule has 1 aliphatic rings. The highest BCUT2D eigenvalue weighted by molar-refractivity contribution is 8.12. The average molecular weight is 256 g/mol. The van der Waals surface area contributed by atoms with Gasteiger partial charge >= 0.3 is 15.3 Å². The number of halogens is 1. The molecule has 0 aromatic carbocycles. The standard InChI is InChI=1S/C8H14ClNO4S/c1-6-4-2-3-5-7(6)14-8(11)10-15(9,12)13/h6-7H,2-5H2,1H3,(H,10,11). The van der Waals surface area contributed by atoms with E-state index in [-0.39, 0.29) is 12.0 Å². The summed E-state index contributed by atoms with van der Waals surface area (Å²) in [6.07, 6.45) is 2.68. The van der Waals surface area contributed by atoms with Crippen molar-refractivity contribution in [3.8, 4) is 0 Å². The van der Waals surface area contributed by atoms with Gasteiger partial charge in [-0.15, -0.1) is 0 Å². The smallest absolute Gasteiger partial charge is 0.422 e. The molecule has 15 heavy (non-hydrogen) atoms. The molecule has 0 spiro atoms. The van der Waals surface area contributed by atoms with Gasteiger partial charge in [-0.25, -0.2) is 9.52 Å². The van der Waals surface area contributed by atoms with Crippen molar-refractivity contribution in [2.45, 2.75) is 38.7 Å². The predicted octanol–water partition coefficient (Wildman–Crippen LogP) is 1.77. The summed E-state index contributed by atoms with van der Waals surface area (Å²) >= 11 is 0. The summed E-state index contributed by atoms with van der Waals surface area (Å²) in [5.41, 5.74) is 0. The molecule has 0 aliphatic heterocycles. The lowest BCUT2D eigenvalue weighted by Gasteiger charge is -2.27. The van der Waals surface area contributed by atoms with Gasteiger partial charge in [0, 0.05) is 10.7 Å². The molecule has 0 aromatic heterocycles. The van der Waals surface area contributed by atoms with E-state index >= 15 is 0 Å². The predicted molar refractivity (Wildman–Crippen MR) is 55.8 cm³/mol. The van der Waals surface area contributed by atoms with Crippen LogP contribution in [-0.2, 0) is 14.0 Å². The number of carbonyl (C=O) groups is 1. The second-order valence-electron chi connectivity index (χ2n) is 3.75. The van der Waals surface area contributed by atoms with E-state index in [1.807, 2.05) is 6.92 Å². The number of carbonyl (C=O) groups excluding carboxylic acids is 1. The first kappa shape index (κ1) is 12.6. The number of hydrogen-bond acceptors (Lipinski definition) is 4. The van der Waals surface area contributed by atoms with Gasteiger partial charge in [-0.1, -0.05) is 13.3 Å². The van der Waals surface area contributed by atoms with Crippen molar-refractivity contribution in [3.05, 3.63) is 0 Å². The Morgan fingerprint density at radius 3 is 2.53 bits per heavy atom. The van der Waals surface area contributed by atoms with Crippen LogP contribution in [0.1, 0.15) is 32.6 Å². The molecule has 1 saturated carbocycles. The van der Waals surface area contributed by atoms with Gasteiger partial charge in [0.2, 0.25) is 0 Å². The number of rotatable bonds is 2. The van der Waals surface area contributed by atoms with Crippen LogP contribution in [0.4, 0.5) is 4.79 Å². The third-order valence-corrected chi connectivity index (χ3v) is 3.14. The second-order valence-corrected chi connectivity index (χ2v) is 6.04. The Kier molecular flexibility index (Phi) is 4.21. The van der Waals surface area contributed by atoms with E-state index in [0.29, 0.717) is 0 Å². The molecule has 2 unspecified atom stereocenters. The molecule has 7 heteroatoms. The fourth-order valence-electron chi connectivity index (χ4n) is 1.72. The van der Waals surface area contributed by atoms with E-state index in [2.05, 4.69) is 0 Å². The van der Waals surface area contributed by atoms with Crippen molar-refractivity contribution >= 4 is 26.0 Å². The van der Waals surface area contributed by atoms with E-state index in [1.165, 1.54) is 0 Å². The number of ether oxygens (including phenoxy) is 1. The largest absolute Gasteiger partial charge is 0.445 e. The van der Waals surface area contributed by atoms with Gasteiger partial charge in [-0.3, -0.25) is 0 Å². The molecular formula is C8H14ClNO4S. The quantitative estimate of drug-likeness (QED) is 0.764. The summed E-state index contributed by atoms with van der Waals surface area (Å²) < 4.78 is 27.6. The first-order chi connectivity index (χ1) is 6.88. The maximum atomic E-state index is 11.1. The highest BCUT2D eigenvalue weighted by Gasteiger charge is 2.25. The first-order valence-corrected chi connectivity index (χ1v) is 7.12. The van der Waals surface area contributed by atoms with Crippen molar-refractivity contribution in [2.75, 3.05) is 0 Å². The zero-order chi connectivity index (χ0) is 11.5. The summed E-state index contributed by atoms with van der Waals surface area (Å²) in [5, 5.41) is 0. The van der Waals surface area contributed by atoms with Crippen LogP contribution in [-0.4, -0.2) is 20.6 Å². The minimum atomic E-state index is -4.04. The molecule has 5 nitrogen and oxygen atoms in total. The van der Waals surface area contributed by atoms with Crippen LogP contribution in [0.2, 0.25) is 0 Å². The normalized spacial score (nSPS) is 27.1. The fraction of sp³-hybridized carbons (Fsp3) is 0.875. The molecule has 0 saturated heterocycles. The van der Waals surface area contributed by atoms with Crippen LogP contribution >= 0.6 is 10.7 Å². The molecule has 2 atom stereocenters. The summed E-state index contributed by atoms with van der Waals surface area (Å²) in [4.78, 5) is 11.1. The maximum absolute atomic E-state index is 11.1. The van der Waals surface area contributed by atoms with Crippen LogP contribution in [0, 0.1) is 5.92 Å². The molecule has 0 radical (unpaired) electrons. The highest BCUT2D eigenvalue weighted by atomic mass is 35.7. The summed E-state index contributed by atoms with van der Waals surface area (Å²) in [6, 6.07) is 0. The average Bonchev–Trinajstić information content (AvgIpc) is 2.05. The van der Waals surface area contributed by atoms with Crippen molar-refractivity contribution in [1.29, 1.82) is 0 Å². The number of nitrogens with one attached hydrogen (secondary N) is 1. The van der Waals surface area contributed by atoms with Crippen LogP contribution < -0.4 is 4.72 Å². The van der Waals surface area contributed by atoms with E-state index in [9.17, 15) is 13.2 Å². The molecule has 0 aromatic rings. The topological polar surface area (TPSA) is 72.5 Å². The minimum absolute atomic E-state index is 0.211. The molecule has 1 rings (SSSR count). The zero-order valence-corrected chi connectivity index (χ0v) is 9.97. The van der Waals surface area contributed by atoms with Crippen molar-refractivity contribution < 1.29 is 17.9 Å². The second kappa shape index (κ2) is 5.03. The molecule has 1 aliphatic carbocycles. The Bertz CT molecular complexity index is 330. The lowest BCUT2D eigenvalue weighted by atomic mass is 9.88. The summed E-state index contributed by atoms with van der Waals surface area (Å²) in [7, 11) is 0.798. The van der Waals surface area contributed by atoms with Gasteiger partial charge in [0.25, 0.3) is 0 Å². The number of hydrogen-bond donors (Lipinski definition) is 1. The Hall–Kier alpha value is -0.490. The van der Waals surface area contributed by atoms with Gasteiger partial charge in [0.15, 0.2) is 0 Å². The van der Waals surface area contributed by atoms with Crippen LogP contribution in [0.15, 0.2) is 0 Å². The molecule has 1 amide bonds. The van der Waals surface area contributed by atoms with Crippen molar-refractivity contribution in [2.24, 2.45) is 5.92 Å². The van der Waals surface area contributed by atoms with E-state index in [1.54, 1.807) is 4.72 Å². The monoisotopic (exact) mass is 255 g/mol. The minimum Gasteiger partial charge on any atom is -0.445 e. The maximum Gasteiger partial charge on any atom is 0.422 e. The van der Waals surface area contributed by atoms with Crippen molar-refractivity contribution in [3.63, 3.8) is 0 Å². The highest BCUT2D eigenvalue weighted by Crippen LogP contribution is 2.26. The fourth-order valence-corrected chi connectivity index (χ4v) is 2.15. The van der Waals surface area contributed by atoms with Gasteiger partial charge in [0.1, 0.15) is 6.10 Å². The molecule has 88 valence electrons. The molecule has 1 fully saturated rings. The van der Waals surface area contributed by atoms with E-state index in [0.717, 1.165) is 25.7 Å². The summed E-state index contributed by atoms with van der Waals surface area (Å²) in [6.45, 7) is 1.98. The third-order valence-electron chi connectivity index (χ3n) is 2.50. The summed E-state index contributed by atoms with van der Waals surface area (Å²) in [5.74, 6) is 0.266. The van der Waals surface area contributed by atoms with Crippen molar-refractivity contribution in [1.82, 2.24) is 4.72 Å².